The van der Waals surface area contributed by atoms with Gasteiger partial charge in [0.15, 0.2) is 0 Å². The third-order valence-corrected chi connectivity index (χ3v) is 3.83. The third kappa shape index (κ3) is 3.98. The Balaban J connectivity index is 1.95. The number of hydrogen-bond donors (Lipinski definition) is 1. The number of amides is 1. The minimum Gasteiger partial charge on any atom is -0.495 e. The number of carbonyl (C=O) groups is 1. The first-order chi connectivity index (χ1) is 9.19. The van der Waals surface area contributed by atoms with Crippen LogP contribution in [0.3, 0.4) is 0 Å². The summed E-state index contributed by atoms with van der Waals surface area (Å²) in [6.45, 7) is 2.01. The predicted octanol–water partition coefficient (Wildman–Crippen LogP) is 3.91. The highest BCUT2D eigenvalue weighted by molar-refractivity contribution is 5.92. The Hall–Kier alpha value is -1.51. The van der Waals surface area contributed by atoms with E-state index in [1.807, 2.05) is 25.1 Å². The number of hydrogen-bond acceptors (Lipinski definition) is 2. The van der Waals surface area contributed by atoms with Crippen LogP contribution in [0.5, 0.6) is 5.75 Å². The largest absolute Gasteiger partial charge is 0.495 e. The van der Waals surface area contributed by atoms with Gasteiger partial charge in [0.2, 0.25) is 5.91 Å². The molecule has 1 saturated carbocycles. The van der Waals surface area contributed by atoms with Crippen LogP contribution in [-0.4, -0.2) is 13.0 Å². The van der Waals surface area contributed by atoms with Crippen LogP contribution in [0.4, 0.5) is 5.69 Å². The van der Waals surface area contributed by atoms with E-state index < -0.39 is 0 Å². The molecule has 0 bridgehead atoms. The van der Waals surface area contributed by atoms with Gasteiger partial charge >= 0.3 is 0 Å². The smallest absolute Gasteiger partial charge is 0.224 e. The van der Waals surface area contributed by atoms with E-state index in [0.717, 1.165) is 17.0 Å². The van der Waals surface area contributed by atoms with Gasteiger partial charge in [-0.25, -0.2) is 0 Å². The van der Waals surface area contributed by atoms with Crippen LogP contribution in [0.25, 0.3) is 0 Å². The lowest BCUT2D eigenvalue weighted by atomic mass is 9.87. The number of anilines is 1. The number of methoxy groups -OCH3 is 1. The molecule has 0 spiro atoms. The highest BCUT2D eigenvalue weighted by Crippen LogP contribution is 2.28. The van der Waals surface area contributed by atoms with Crippen LogP contribution in [0, 0.1) is 12.8 Å². The van der Waals surface area contributed by atoms with E-state index in [1.54, 1.807) is 7.11 Å². The lowest BCUT2D eigenvalue weighted by molar-refractivity contribution is -0.117. The van der Waals surface area contributed by atoms with Crippen molar-refractivity contribution in [2.45, 2.75) is 45.4 Å². The molecule has 1 N–H and O–H groups in total. The van der Waals surface area contributed by atoms with Gasteiger partial charge in [0.05, 0.1) is 12.8 Å². The van der Waals surface area contributed by atoms with Crippen molar-refractivity contribution < 1.29 is 9.53 Å². The van der Waals surface area contributed by atoms with Gasteiger partial charge in [-0.15, -0.1) is 0 Å². The zero-order valence-electron chi connectivity index (χ0n) is 11.9. The van der Waals surface area contributed by atoms with Crippen molar-refractivity contribution in [2.75, 3.05) is 12.4 Å². The minimum absolute atomic E-state index is 0.107. The first-order valence-electron chi connectivity index (χ1n) is 7.13. The van der Waals surface area contributed by atoms with Crippen molar-refractivity contribution in [1.29, 1.82) is 0 Å². The normalized spacial score (nSPS) is 16.1. The van der Waals surface area contributed by atoms with Gasteiger partial charge in [0, 0.05) is 6.42 Å². The van der Waals surface area contributed by atoms with Crippen LogP contribution in [0.1, 0.15) is 44.1 Å². The lowest BCUT2D eigenvalue weighted by Crippen LogP contribution is -2.18. The lowest BCUT2D eigenvalue weighted by Gasteiger charge is -2.21. The fourth-order valence-electron chi connectivity index (χ4n) is 2.77. The van der Waals surface area contributed by atoms with E-state index in [1.165, 1.54) is 32.1 Å². The average molecular weight is 261 g/mol. The van der Waals surface area contributed by atoms with E-state index in [2.05, 4.69) is 5.32 Å². The molecule has 0 radical (unpaired) electrons. The molecule has 1 aliphatic rings. The first-order valence-corrected chi connectivity index (χ1v) is 7.13. The second-order valence-corrected chi connectivity index (χ2v) is 5.46. The number of benzene rings is 1. The Kier molecular flexibility index (Phi) is 4.83. The average Bonchev–Trinajstić information content (AvgIpc) is 2.40. The van der Waals surface area contributed by atoms with E-state index >= 15 is 0 Å². The Morgan fingerprint density at radius 2 is 2.05 bits per heavy atom. The summed E-state index contributed by atoms with van der Waals surface area (Å²) in [5.41, 5.74) is 1.90. The van der Waals surface area contributed by atoms with Crippen LogP contribution >= 0.6 is 0 Å². The molecule has 1 aromatic carbocycles. The highest BCUT2D eigenvalue weighted by Gasteiger charge is 2.17. The Bertz CT molecular complexity index is 436. The number of rotatable bonds is 4. The summed E-state index contributed by atoms with van der Waals surface area (Å²) >= 11 is 0. The van der Waals surface area contributed by atoms with Gasteiger partial charge in [-0.2, -0.15) is 0 Å². The van der Waals surface area contributed by atoms with Gasteiger partial charge < -0.3 is 10.1 Å². The minimum atomic E-state index is 0.107. The molecule has 0 atom stereocenters. The second-order valence-electron chi connectivity index (χ2n) is 5.46. The molecule has 0 saturated heterocycles. The van der Waals surface area contributed by atoms with Gasteiger partial charge in [-0.1, -0.05) is 25.3 Å². The molecule has 1 amide bonds. The van der Waals surface area contributed by atoms with Gasteiger partial charge in [-0.3, -0.25) is 4.79 Å². The predicted molar refractivity (Wildman–Crippen MR) is 77.6 cm³/mol. The fourth-order valence-corrected chi connectivity index (χ4v) is 2.77. The summed E-state index contributed by atoms with van der Waals surface area (Å²) < 4.78 is 5.28. The van der Waals surface area contributed by atoms with Crippen molar-refractivity contribution in [3.8, 4) is 5.75 Å². The molecular formula is C16H23NO2. The maximum atomic E-state index is 12.1. The highest BCUT2D eigenvalue weighted by atomic mass is 16.5. The number of nitrogens with one attached hydrogen (secondary N) is 1. The molecule has 3 nitrogen and oxygen atoms in total. The monoisotopic (exact) mass is 261 g/mol. The Morgan fingerprint density at radius 3 is 2.74 bits per heavy atom. The zero-order chi connectivity index (χ0) is 13.7. The van der Waals surface area contributed by atoms with Crippen LogP contribution in [0.2, 0.25) is 0 Å². The van der Waals surface area contributed by atoms with Crippen LogP contribution in [-0.2, 0) is 4.79 Å². The first kappa shape index (κ1) is 13.9. The summed E-state index contributed by atoms with van der Waals surface area (Å²) in [5.74, 6) is 1.39. The van der Waals surface area contributed by atoms with Gasteiger partial charge in [0.1, 0.15) is 5.75 Å². The summed E-state index contributed by atoms with van der Waals surface area (Å²) in [6, 6.07) is 5.83. The topological polar surface area (TPSA) is 38.3 Å². The van der Waals surface area contributed by atoms with Crippen molar-refractivity contribution in [2.24, 2.45) is 5.92 Å². The molecule has 1 fully saturated rings. The third-order valence-electron chi connectivity index (χ3n) is 3.83. The van der Waals surface area contributed by atoms with Crippen molar-refractivity contribution in [1.82, 2.24) is 0 Å². The van der Waals surface area contributed by atoms with E-state index in [4.69, 9.17) is 4.74 Å². The number of ether oxygens (including phenoxy) is 1. The Labute approximate surface area is 115 Å². The fraction of sp³-hybridized carbons (Fsp3) is 0.562. The standard InChI is InChI=1S/C16H23NO2/c1-12-8-9-15(19-2)14(10-12)17-16(18)11-13-6-4-3-5-7-13/h8-10,13H,3-7,11H2,1-2H3,(H,17,18). The summed E-state index contributed by atoms with van der Waals surface area (Å²) in [4.78, 5) is 12.1. The molecule has 0 aliphatic heterocycles. The SMILES string of the molecule is COc1ccc(C)cc1NC(=O)CC1CCCCC1. The second kappa shape index (κ2) is 6.60. The van der Waals surface area contributed by atoms with Crippen molar-refractivity contribution >= 4 is 11.6 Å². The van der Waals surface area contributed by atoms with E-state index in [0.29, 0.717) is 12.3 Å². The summed E-state index contributed by atoms with van der Waals surface area (Å²) in [7, 11) is 1.63. The zero-order valence-corrected chi connectivity index (χ0v) is 11.9. The Morgan fingerprint density at radius 1 is 1.32 bits per heavy atom. The summed E-state index contributed by atoms with van der Waals surface area (Å²) in [6.07, 6.45) is 6.88. The van der Waals surface area contributed by atoms with E-state index in [-0.39, 0.29) is 5.91 Å². The van der Waals surface area contributed by atoms with Gasteiger partial charge in [-0.05, 0) is 43.4 Å². The molecule has 3 heteroatoms. The van der Waals surface area contributed by atoms with Gasteiger partial charge in [0.25, 0.3) is 0 Å². The van der Waals surface area contributed by atoms with E-state index in [9.17, 15) is 4.79 Å². The number of aryl methyl sites for hydroxylation is 1. The maximum Gasteiger partial charge on any atom is 0.224 e. The molecule has 0 unspecified atom stereocenters. The number of carbonyl (C=O) groups excluding carboxylic acids is 1. The molecular weight excluding hydrogens is 238 g/mol. The van der Waals surface area contributed by atoms with Crippen LogP contribution < -0.4 is 10.1 Å². The van der Waals surface area contributed by atoms with Crippen molar-refractivity contribution in [3.63, 3.8) is 0 Å². The molecule has 104 valence electrons. The molecule has 2 rings (SSSR count). The molecule has 1 aliphatic carbocycles. The summed E-state index contributed by atoms with van der Waals surface area (Å²) in [5, 5.41) is 2.99. The maximum absolute atomic E-state index is 12.1. The molecule has 0 aromatic heterocycles. The molecule has 0 heterocycles. The molecule has 1 aromatic rings. The van der Waals surface area contributed by atoms with Crippen LogP contribution in [0.15, 0.2) is 18.2 Å². The van der Waals surface area contributed by atoms with Crippen molar-refractivity contribution in [3.05, 3.63) is 23.8 Å². The quantitative estimate of drug-likeness (QED) is 0.892. The molecule has 19 heavy (non-hydrogen) atoms.